The number of benzene rings is 2. The summed E-state index contributed by atoms with van der Waals surface area (Å²) in [5.41, 5.74) is 1.58. The second-order valence-corrected chi connectivity index (χ2v) is 14.2. The van der Waals surface area contributed by atoms with Crippen molar-refractivity contribution in [3.05, 3.63) is 54.6 Å². The van der Waals surface area contributed by atoms with Crippen molar-refractivity contribution in [3.63, 3.8) is 0 Å². The number of methoxy groups -OCH3 is 1. The van der Waals surface area contributed by atoms with E-state index in [-0.39, 0.29) is 18.4 Å². The second kappa shape index (κ2) is 16.4. The van der Waals surface area contributed by atoms with Gasteiger partial charge < -0.3 is 29.5 Å². The number of carboxylic acid groups (broad SMARTS) is 1. The quantitative estimate of drug-likeness (QED) is 0.155. The molecule has 0 aliphatic carbocycles. The number of aliphatic carboxylic acids is 1. The molecule has 1 aliphatic heterocycles. The molecule has 12 heteroatoms. The third kappa shape index (κ3) is 9.65. The standard InChI is InChI=1S/C37H48N4O7S/c1-9-13-27(35(43)44)39-33(49-8)30-19-25(21-41(30)34(42)32(22(2)3)40-36(45)48-37(4,5)6)47-31-20-28(23-14-11-10-12-15-23)38-29-18-24(46-7)16-17-26(29)31/h10-12,14-18,20,22,25,27,30,32H,9,13,19,21H2,1-8H3,(H,40,45)(H,43,44)/b39-33-/t25?,27?,30-,32-/m0/s1. The Morgan fingerprint density at radius 2 is 1.84 bits per heavy atom. The van der Waals surface area contributed by atoms with Crippen molar-refractivity contribution in [2.24, 2.45) is 10.9 Å². The fraction of sp³-hybridized carbons (Fsp3) is 0.486. The first-order chi connectivity index (χ1) is 23.2. The molecular weight excluding hydrogens is 644 g/mol. The van der Waals surface area contributed by atoms with Gasteiger partial charge in [0.15, 0.2) is 0 Å². The fourth-order valence-corrected chi connectivity index (χ4v) is 6.50. The van der Waals surface area contributed by atoms with Crippen LogP contribution in [-0.4, -0.2) is 87.7 Å². The number of fused-ring (bicyclic) bond motifs is 1. The molecule has 3 aromatic rings. The van der Waals surface area contributed by atoms with E-state index < -0.39 is 41.9 Å². The molecule has 2 aromatic carbocycles. The van der Waals surface area contributed by atoms with E-state index in [1.54, 1.807) is 32.8 Å². The number of aromatic nitrogens is 1. The van der Waals surface area contributed by atoms with E-state index in [2.05, 4.69) is 10.3 Å². The average molecular weight is 693 g/mol. The summed E-state index contributed by atoms with van der Waals surface area (Å²) in [7, 11) is 1.60. The SMILES string of the molecule is CCCC(/N=C(\SC)[C@@H]1CC(Oc2cc(-c3ccccc3)nc3cc(OC)ccc23)CN1C(=O)[C@@H](NC(=O)OC(C)(C)C)C(C)C)C(=O)O. The van der Waals surface area contributed by atoms with Crippen LogP contribution in [0.1, 0.15) is 60.8 Å². The van der Waals surface area contributed by atoms with Crippen molar-refractivity contribution < 1.29 is 33.7 Å². The largest absolute Gasteiger partial charge is 0.497 e. The number of hydrogen-bond acceptors (Lipinski definition) is 9. The van der Waals surface area contributed by atoms with Gasteiger partial charge in [-0.05, 0) is 51.5 Å². The van der Waals surface area contributed by atoms with E-state index >= 15 is 0 Å². The summed E-state index contributed by atoms with van der Waals surface area (Å²) in [6.07, 6.45) is 2.02. The molecule has 2 heterocycles. The number of carbonyl (C=O) groups is 3. The normalized spacial score (nSPS) is 17.9. The van der Waals surface area contributed by atoms with E-state index in [9.17, 15) is 19.5 Å². The van der Waals surface area contributed by atoms with Gasteiger partial charge in [-0.1, -0.05) is 57.5 Å². The molecule has 2 N–H and O–H groups in total. The van der Waals surface area contributed by atoms with Crippen LogP contribution in [0.2, 0.25) is 0 Å². The smallest absolute Gasteiger partial charge is 0.408 e. The summed E-state index contributed by atoms with van der Waals surface area (Å²) in [6.45, 7) is 11.1. The number of nitrogens with zero attached hydrogens (tertiary/aromatic N) is 3. The molecule has 4 atom stereocenters. The van der Waals surface area contributed by atoms with Crippen molar-refractivity contribution in [1.82, 2.24) is 15.2 Å². The molecule has 11 nitrogen and oxygen atoms in total. The van der Waals surface area contributed by atoms with Crippen LogP contribution in [-0.2, 0) is 14.3 Å². The number of pyridine rings is 1. The van der Waals surface area contributed by atoms with Crippen LogP contribution >= 0.6 is 11.8 Å². The van der Waals surface area contributed by atoms with Gasteiger partial charge in [-0.3, -0.25) is 9.79 Å². The first kappa shape index (κ1) is 37.5. The highest BCUT2D eigenvalue weighted by Gasteiger charge is 2.43. The molecule has 0 bridgehead atoms. The Balaban J connectivity index is 1.75. The van der Waals surface area contributed by atoms with E-state index in [1.807, 2.05) is 81.6 Å². The molecule has 0 radical (unpaired) electrons. The van der Waals surface area contributed by atoms with Gasteiger partial charge in [-0.2, -0.15) is 0 Å². The van der Waals surface area contributed by atoms with Gasteiger partial charge in [-0.25, -0.2) is 14.6 Å². The molecule has 1 aliphatic rings. The lowest BCUT2D eigenvalue weighted by Gasteiger charge is -2.32. The first-order valence-corrected chi connectivity index (χ1v) is 17.8. The van der Waals surface area contributed by atoms with Crippen LogP contribution in [0.4, 0.5) is 4.79 Å². The molecule has 4 rings (SSSR count). The number of amides is 2. The zero-order chi connectivity index (χ0) is 35.9. The lowest BCUT2D eigenvalue weighted by molar-refractivity contribution is -0.138. The summed E-state index contributed by atoms with van der Waals surface area (Å²) in [6, 6.07) is 14.9. The third-order valence-corrected chi connectivity index (χ3v) is 8.91. The van der Waals surface area contributed by atoms with E-state index in [0.29, 0.717) is 41.3 Å². The van der Waals surface area contributed by atoms with E-state index in [0.717, 1.165) is 16.6 Å². The molecule has 0 saturated carbocycles. The highest BCUT2D eigenvalue weighted by Crippen LogP contribution is 2.35. The minimum Gasteiger partial charge on any atom is -0.497 e. The summed E-state index contributed by atoms with van der Waals surface area (Å²) in [4.78, 5) is 50.6. The van der Waals surface area contributed by atoms with Crippen LogP contribution in [0.3, 0.4) is 0 Å². The highest BCUT2D eigenvalue weighted by molar-refractivity contribution is 8.13. The maximum absolute atomic E-state index is 14.4. The molecule has 1 fully saturated rings. The Labute approximate surface area is 292 Å². The molecule has 264 valence electrons. The lowest BCUT2D eigenvalue weighted by atomic mass is 10.0. The molecule has 2 unspecified atom stereocenters. The van der Waals surface area contributed by atoms with Crippen LogP contribution in [0, 0.1) is 5.92 Å². The number of hydrogen-bond donors (Lipinski definition) is 2. The van der Waals surface area contributed by atoms with Gasteiger partial charge in [0.2, 0.25) is 5.91 Å². The van der Waals surface area contributed by atoms with Crippen molar-refractivity contribution in [2.75, 3.05) is 19.9 Å². The van der Waals surface area contributed by atoms with E-state index in [1.165, 1.54) is 11.8 Å². The van der Waals surface area contributed by atoms with Gasteiger partial charge in [0.25, 0.3) is 0 Å². The molecule has 1 aromatic heterocycles. The summed E-state index contributed by atoms with van der Waals surface area (Å²) in [5.74, 6) is -0.359. The third-order valence-electron chi connectivity index (χ3n) is 8.12. The Bertz CT molecular complexity index is 1660. The number of nitrogens with one attached hydrogen (secondary N) is 1. The zero-order valence-electron chi connectivity index (χ0n) is 29.6. The number of carbonyl (C=O) groups excluding carboxylic acids is 2. The predicted octanol–water partition coefficient (Wildman–Crippen LogP) is 6.82. The van der Waals surface area contributed by atoms with Crippen molar-refractivity contribution in [2.45, 2.75) is 90.6 Å². The highest BCUT2D eigenvalue weighted by atomic mass is 32.2. The molecule has 0 spiro atoms. The maximum atomic E-state index is 14.4. The lowest BCUT2D eigenvalue weighted by Crippen LogP contribution is -2.54. The zero-order valence-corrected chi connectivity index (χ0v) is 30.4. The molecule has 1 saturated heterocycles. The Hall–Kier alpha value is -4.32. The average Bonchev–Trinajstić information content (AvgIpc) is 3.47. The molecule has 49 heavy (non-hydrogen) atoms. The summed E-state index contributed by atoms with van der Waals surface area (Å²) in [5, 5.41) is 14.0. The number of likely N-dealkylation sites (tertiary alicyclic amines) is 1. The number of alkyl carbamates (subject to hydrolysis) is 1. The topological polar surface area (TPSA) is 140 Å². The van der Waals surface area contributed by atoms with Crippen LogP contribution in [0.15, 0.2) is 59.6 Å². The van der Waals surface area contributed by atoms with Crippen molar-refractivity contribution in [1.29, 1.82) is 0 Å². The predicted molar refractivity (Wildman–Crippen MR) is 194 cm³/mol. The second-order valence-electron chi connectivity index (χ2n) is 13.4. The Kier molecular flexibility index (Phi) is 12.5. The number of ether oxygens (including phenoxy) is 3. The van der Waals surface area contributed by atoms with Crippen molar-refractivity contribution in [3.8, 4) is 22.8 Å². The Morgan fingerprint density at radius 1 is 1.12 bits per heavy atom. The van der Waals surface area contributed by atoms with Gasteiger partial charge in [0.05, 0.1) is 36.0 Å². The summed E-state index contributed by atoms with van der Waals surface area (Å²) >= 11 is 1.32. The van der Waals surface area contributed by atoms with Crippen molar-refractivity contribution >= 4 is 45.7 Å². The maximum Gasteiger partial charge on any atom is 0.408 e. The van der Waals surface area contributed by atoms with Gasteiger partial charge in [-0.15, -0.1) is 11.8 Å². The van der Waals surface area contributed by atoms with Gasteiger partial charge in [0, 0.05) is 29.5 Å². The van der Waals surface area contributed by atoms with Gasteiger partial charge in [0.1, 0.15) is 35.3 Å². The van der Waals surface area contributed by atoms with Crippen LogP contribution in [0.25, 0.3) is 22.2 Å². The Morgan fingerprint density at radius 3 is 2.43 bits per heavy atom. The van der Waals surface area contributed by atoms with Gasteiger partial charge >= 0.3 is 12.1 Å². The van der Waals surface area contributed by atoms with Crippen LogP contribution in [0.5, 0.6) is 11.5 Å². The number of aliphatic imine (C=N–C) groups is 1. The number of thioether (sulfide) groups is 1. The minimum absolute atomic E-state index is 0.189. The summed E-state index contributed by atoms with van der Waals surface area (Å²) < 4.78 is 17.7. The molecular formula is C37H48N4O7S. The first-order valence-electron chi connectivity index (χ1n) is 16.6. The van der Waals surface area contributed by atoms with E-state index in [4.69, 9.17) is 19.2 Å². The van der Waals surface area contributed by atoms with Crippen LogP contribution < -0.4 is 14.8 Å². The fourth-order valence-electron chi connectivity index (χ4n) is 5.77. The number of carboxylic acids is 1. The molecule has 2 amide bonds. The minimum atomic E-state index is -1.02. The monoisotopic (exact) mass is 692 g/mol. The number of rotatable bonds is 12.